The molecule has 100 valence electrons. The minimum atomic E-state index is -0.694. The maximum absolute atomic E-state index is 13.6. The number of nitrogens with one attached hydrogen (secondary N) is 1. The molecule has 0 saturated heterocycles. The molecule has 0 aromatic heterocycles. The lowest BCUT2D eigenvalue weighted by Gasteiger charge is -2.17. The van der Waals surface area contributed by atoms with Gasteiger partial charge in [-0.3, -0.25) is 0 Å². The van der Waals surface area contributed by atoms with Crippen molar-refractivity contribution < 1.29 is 18.3 Å². The molecule has 6 heteroatoms. The van der Waals surface area contributed by atoms with Gasteiger partial charge in [-0.15, -0.1) is 0 Å². The monoisotopic (exact) mass is 321 g/mol. The van der Waals surface area contributed by atoms with Crippen molar-refractivity contribution in [3.63, 3.8) is 0 Å². The molecule has 1 rings (SSSR count). The highest BCUT2D eigenvalue weighted by Crippen LogP contribution is 2.24. The number of hydrogen-bond donors (Lipinski definition) is 1. The summed E-state index contributed by atoms with van der Waals surface area (Å²) in [5.41, 5.74) is -0.0596. The lowest BCUT2D eigenvalue weighted by Crippen LogP contribution is -2.31. The molecule has 0 spiro atoms. The second kappa shape index (κ2) is 6.68. The van der Waals surface area contributed by atoms with Crippen LogP contribution in [0.25, 0.3) is 0 Å². The summed E-state index contributed by atoms with van der Waals surface area (Å²) in [7, 11) is 0. The number of hydrogen-bond acceptors (Lipinski definition) is 3. The topological polar surface area (TPSA) is 38.3 Å². The van der Waals surface area contributed by atoms with Crippen LogP contribution in [-0.4, -0.2) is 18.6 Å². The van der Waals surface area contributed by atoms with Gasteiger partial charge in [-0.25, -0.2) is 13.6 Å². The minimum absolute atomic E-state index is 0.0368. The summed E-state index contributed by atoms with van der Waals surface area (Å²) < 4.78 is 31.7. The van der Waals surface area contributed by atoms with Crippen LogP contribution >= 0.6 is 15.9 Å². The van der Waals surface area contributed by atoms with Gasteiger partial charge in [-0.1, -0.05) is 6.92 Å². The molecule has 0 fully saturated rings. The summed E-state index contributed by atoms with van der Waals surface area (Å²) in [5, 5.41) is 2.64. The van der Waals surface area contributed by atoms with Crippen molar-refractivity contribution >= 4 is 27.6 Å². The Hall–Kier alpha value is -1.17. The molecule has 0 aliphatic carbocycles. The molecule has 0 saturated carbocycles. The molecule has 18 heavy (non-hydrogen) atoms. The smallest absolute Gasteiger partial charge is 0.328 e. The Morgan fingerprint density at radius 3 is 2.61 bits per heavy atom. The van der Waals surface area contributed by atoms with E-state index in [1.165, 1.54) is 0 Å². The summed E-state index contributed by atoms with van der Waals surface area (Å²) in [6.45, 7) is 3.68. The van der Waals surface area contributed by atoms with E-state index in [0.29, 0.717) is 6.42 Å². The van der Waals surface area contributed by atoms with Crippen molar-refractivity contribution in [2.24, 2.45) is 0 Å². The van der Waals surface area contributed by atoms with Gasteiger partial charge in [0.25, 0.3) is 0 Å². The molecular weight excluding hydrogens is 308 g/mol. The molecule has 1 aromatic carbocycles. The summed E-state index contributed by atoms with van der Waals surface area (Å²) >= 11 is 2.88. The van der Waals surface area contributed by atoms with Crippen LogP contribution in [-0.2, 0) is 9.53 Å². The van der Waals surface area contributed by atoms with Crippen LogP contribution in [0, 0.1) is 11.6 Å². The Labute approximate surface area is 113 Å². The molecule has 1 unspecified atom stereocenters. The van der Waals surface area contributed by atoms with Gasteiger partial charge >= 0.3 is 5.97 Å². The van der Waals surface area contributed by atoms with Crippen molar-refractivity contribution in [3.05, 3.63) is 28.2 Å². The van der Waals surface area contributed by atoms with Gasteiger partial charge in [0.1, 0.15) is 17.7 Å². The zero-order valence-corrected chi connectivity index (χ0v) is 11.7. The predicted octanol–water partition coefficient (Wildman–Crippen LogP) is 3.48. The maximum Gasteiger partial charge on any atom is 0.328 e. The molecule has 0 heterocycles. The third kappa shape index (κ3) is 3.66. The molecule has 0 radical (unpaired) electrons. The Morgan fingerprint density at radius 1 is 1.39 bits per heavy atom. The van der Waals surface area contributed by atoms with E-state index < -0.39 is 23.6 Å². The first-order valence-corrected chi connectivity index (χ1v) is 6.36. The van der Waals surface area contributed by atoms with Gasteiger partial charge in [0, 0.05) is 6.07 Å². The van der Waals surface area contributed by atoms with Crippen LogP contribution < -0.4 is 5.32 Å². The van der Waals surface area contributed by atoms with Crippen molar-refractivity contribution in [3.8, 4) is 0 Å². The number of rotatable bonds is 5. The minimum Gasteiger partial charge on any atom is -0.464 e. The number of esters is 1. The number of carbonyl (C=O) groups excluding carboxylic acids is 1. The lowest BCUT2D eigenvalue weighted by molar-refractivity contribution is -0.144. The van der Waals surface area contributed by atoms with Gasteiger partial charge < -0.3 is 10.1 Å². The third-order valence-corrected chi connectivity index (χ3v) is 2.93. The molecule has 3 nitrogen and oxygen atoms in total. The number of ether oxygens (including phenoxy) is 1. The molecular formula is C12H14BrF2NO2. The van der Waals surface area contributed by atoms with E-state index in [0.717, 1.165) is 12.1 Å². The second-order valence-corrected chi connectivity index (χ2v) is 4.46. The van der Waals surface area contributed by atoms with Gasteiger partial charge in [0.2, 0.25) is 0 Å². The van der Waals surface area contributed by atoms with E-state index in [9.17, 15) is 13.6 Å². The van der Waals surface area contributed by atoms with Crippen LogP contribution in [0.3, 0.4) is 0 Å². The molecule has 0 amide bonds. The van der Waals surface area contributed by atoms with Crippen molar-refractivity contribution in [1.29, 1.82) is 0 Å². The van der Waals surface area contributed by atoms with E-state index in [1.54, 1.807) is 13.8 Å². The fraction of sp³-hybridized carbons (Fsp3) is 0.417. The Bertz CT molecular complexity index is 440. The Balaban J connectivity index is 2.88. The Morgan fingerprint density at radius 2 is 2.06 bits per heavy atom. The summed E-state index contributed by atoms with van der Waals surface area (Å²) in [4.78, 5) is 11.5. The van der Waals surface area contributed by atoms with E-state index in [1.807, 2.05) is 0 Å². The first kappa shape index (κ1) is 14.9. The van der Waals surface area contributed by atoms with Gasteiger partial charge in [0.05, 0.1) is 16.8 Å². The number of carbonyl (C=O) groups is 1. The second-order valence-electron chi connectivity index (χ2n) is 3.60. The van der Waals surface area contributed by atoms with E-state index in [-0.39, 0.29) is 16.8 Å². The highest BCUT2D eigenvalue weighted by molar-refractivity contribution is 9.10. The third-order valence-electron chi connectivity index (χ3n) is 2.32. The van der Waals surface area contributed by atoms with Crippen molar-refractivity contribution in [1.82, 2.24) is 0 Å². The zero-order valence-electron chi connectivity index (χ0n) is 10.1. The standard InChI is InChI=1S/C12H14BrF2NO2/c1-3-10(12(17)18-4-2)16-11-6-8(14)7(13)5-9(11)15/h5-6,10,16H,3-4H2,1-2H3. The highest BCUT2D eigenvalue weighted by atomic mass is 79.9. The molecule has 1 aromatic rings. The molecule has 0 aliphatic heterocycles. The van der Waals surface area contributed by atoms with E-state index >= 15 is 0 Å². The van der Waals surface area contributed by atoms with Crippen molar-refractivity contribution in [2.75, 3.05) is 11.9 Å². The fourth-order valence-electron chi connectivity index (χ4n) is 1.39. The van der Waals surface area contributed by atoms with E-state index in [2.05, 4.69) is 21.2 Å². The molecule has 0 aliphatic rings. The molecule has 1 atom stereocenters. The van der Waals surface area contributed by atoms with Crippen LogP contribution in [0.2, 0.25) is 0 Å². The van der Waals surface area contributed by atoms with Gasteiger partial charge in [0.15, 0.2) is 0 Å². The number of anilines is 1. The first-order chi connectivity index (χ1) is 8.49. The average Bonchev–Trinajstić information content (AvgIpc) is 2.32. The highest BCUT2D eigenvalue weighted by Gasteiger charge is 2.19. The lowest BCUT2D eigenvalue weighted by atomic mass is 10.2. The predicted molar refractivity (Wildman–Crippen MR) is 68.4 cm³/mol. The largest absolute Gasteiger partial charge is 0.464 e. The van der Waals surface area contributed by atoms with Crippen LogP contribution in [0.4, 0.5) is 14.5 Å². The summed E-state index contributed by atoms with van der Waals surface area (Å²) in [6, 6.07) is 1.32. The maximum atomic E-state index is 13.6. The van der Waals surface area contributed by atoms with Crippen molar-refractivity contribution in [2.45, 2.75) is 26.3 Å². The molecule has 1 N–H and O–H groups in total. The van der Waals surface area contributed by atoms with Gasteiger partial charge in [-0.2, -0.15) is 0 Å². The number of halogens is 3. The van der Waals surface area contributed by atoms with Crippen LogP contribution in [0.1, 0.15) is 20.3 Å². The average molecular weight is 322 g/mol. The van der Waals surface area contributed by atoms with Crippen LogP contribution in [0.5, 0.6) is 0 Å². The zero-order chi connectivity index (χ0) is 13.7. The fourth-order valence-corrected chi connectivity index (χ4v) is 1.71. The van der Waals surface area contributed by atoms with E-state index in [4.69, 9.17) is 4.74 Å². The summed E-state index contributed by atoms with van der Waals surface area (Å²) in [6.07, 6.45) is 0.413. The normalized spacial score (nSPS) is 12.1. The summed E-state index contributed by atoms with van der Waals surface area (Å²) in [5.74, 6) is -1.72. The first-order valence-electron chi connectivity index (χ1n) is 5.57. The van der Waals surface area contributed by atoms with Gasteiger partial charge in [-0.05, 0) is 35.3 Å². The quantitative estimate of drug-likeness (QED) is 0.666. The number of benzene rings is 1. The van der Waals surface area contributed by atoms with Crippen LogP contribution in [0.15, 0.2) is 16.6 Å². The Kier molecular flexibility index (Phi) is 5.53. The SMILES string of the molecule is CCOC(=O)C(CC)Nc1cc(F)c(Br)cc1F. The molecule has 0 bridgehead atoms.